The van der Waals surface area contributed by atoms with Crippen LogP contribution >= 0.6 is 11.3 Å². The Balaban J connectivity index is 1.66. The molecule has 5 heteroatoms. The lowest BCUT2D eigenvalue weighted by molar-refractivity contribution is 0.0951. The van der Waals surface area contributed by atoms with E-state index in [0.29, 0.717) is 12.1 Å². The SMILES string of the molecule is CC(CNC(=O)c1cccnc1)c1nc2ccccc2s1. The van der Waals surface area contributed by atoms with Crippen molar-refractivity contribution in [1.82, 2.24) is 15.3 Å². The van der Waals surface area contributed by atoms with Crippen LogP contribution in [0.1, 0.15) is 28.2 Å². The summed E-state index contributed by atoms with van der Waals surface area (Å²) >= 11 is 1.68. The zero-order valence-corrected chi connectivity index (χ0v) is 12.4. The van der Waals surface area contributed by atoms with Crippen LogP contribution in [-0.4, -0.2) is 22.4 Å². The van der Waals surface area contributed by atoms with Crippen molar-refractivity contribution in [2.45, 2.75) is 12.8 Å². The van der Waals surface area contributed by atoms with Crippen molar-refractivity contribution >= 4 is 27.5 Å². The molecule has 3 rings (SSSR count). The van der Waals surface area contributed by atoms with Gasteiger partial charge in [0, 0.05) is 24.9 Å². The van der Waals surface area contributed by atoms with Crippen LogP contribution in [0.4, 0.5) is 0 Å². The molecule has 0 bridgehead atoms. The minimum Gasteiger partial charge on any atom is -0.351 e. The molecule has 1 aromatic carbocycles. The minimum atomic E-state index is -0.101. The maximum atomic E-state index is 12.0. The lowest BCUT2D eigenvalue weighted by Gasteiger charge is -2.09. The Morgan fingerprint density at radius 3 is 2.90 bits per heavy atom. The van der Waals surface area contributed by atoms with E-state index in [-0.39, 0.29) is 11.8 Å². The quantitative estimate of drug-likeness (QED) is 0.804. The number of amides is 1. The zero-order valence-electron chi connectivity index (χ0n) is 11.6. The van der Waals surface area contributed by atoms with Crippen molar-refractivity contribution in [3.63, 3.8) is 0 Å². The highest BCUT2D eigenvalue weighted by molar-refractivity contribution is 7.18. The summed E-state index contributed by atoms with van der Waals surface area (Å²) in [6.07, 6.45) is 3.22. The molecule has 2 heterocycles. The Bertz CT molecular complexity index is 721. The third-order valence-electron chi connectivity index (χ3n) is 3.22. The summed E-state index contributed by atoms with van der Waals surface area (Å²) in [6.45, 7) is 2.63. The normalized spacial score (nSPS) is 12.2. The zero-order chi connectivity index (χ0) is 14.7. The second-order valence-electron chi connectivity index (χ2n) is 4.87. The number of para-hydroxylation sites is 1. The van der Waals surface area contributed by atoms with Gasteiger partial charge < -0.3 is 5.32 Å². The summed E-state index contributed by atoms with van der Waals surface area (Å²) in [4.78, 5) is 20.6. The Morgan fingerprint density at radius 2 is 2.14 bits per heavy atom. The monoisotopic (exact) mass is 297 g/mol. The highest BCUT2D eigenvalue weighted by Gasteiger charge is 2.13. The molecule has 1 unspecified atom stereocenters. The molecule has 0 fully saturated rings. The lowest BCUT2D eigenvalue weighted by Crippen LogP contribution is -2.27. The number of hydrogen-bond acceptors (Lipinski definition) is 4. The predicted octanol–water partition coefficient (Wildman–Crippen LogP) is 3.22. The molecular formula is C16H15N3OS. The van der Waals surface area contributed by atoms with Gasteiger partial charge in [-0.2, -0.15) is 0 Å². The summed E-state index contributed by atoms with van der Waals surface area (Å²) in [5.74, 6) is 0.0825. The van der Waals surface area contributed by atoms with Crippen molar-refractivity contribution < 1.29 is 4.79 Å². The fourth-order valence-corrected chi connectivity index (χ4v) is 3.05. The largest absolute Gasteiger partial charge is 0.351 e. The number of rotatable bonds is 4. The van der Waals surface area contributed by atoms with E-state index in [0.717, 1.165) is 10.5 Å². The van der Waals surface area contributed by atoms with Crippen molar-refractivity contribution in [2.75, 3.05) is 6.54 Å². The fourth-order valence-electron chi connectivity index (χ4n) is 2.03. The number of hydrogen-bond donors (Lipinski definition) is 1. The van der Waals surface area contributed by atoms with E-state index < -0.39 is 0 Å². The molecule has 1 amide bonds. The standard InChI is InChI=1S/C16H15N3OS/c1-11(9-18-15(20)12-5-4-8-17-10-12)16-19-13-6-2-3-7-14(13)21-16/h2-8,10-11H,9H2,1H3,(H,18,20). The first-order chi connectivity index (χ1) is 10.2. The van der Waals surface area contributed by atoms with Crippen LogP contribution in [0.25, 0.3) is 10.2 Å². The average Bonchev–Trinajstić information content (AvgIpc) is 2.97. The van der Waals surface area contributed by atoms with Gasteiger partial charge in [-0.05, 0) is 24.3 Å². The van der Waals surface area contributed by atoms with Gasteiger partial charge >= 0.3 is 0 Å². The number of nitrogens with zero attached hydrogens (tertiary/aromatic N) is 2. The summed E-state index contributed by atoms with van der Waals surface area (Å²) in [6, 6.07) is 11.6. The van der Waals surface area contributed by atoms with Gasteiger partial charge in [0.05, 0.1) is 20.8 Å². The molecule has 0 saturated carbocycles. The number of pyridine rings is 1. The van der Waals surface area contributed by atoms with Gasteiger partial charge in [-0.15, -0.1) is 11.3 Å². The molecule has 4 nitrogen and oxygen atoms in total. The first-order valence-electron chi connectivity index (χ1n) is 6.78. The molecule has 2 aromatic heterocycles. The molecule has 0 radical (unpaired) electrons. The number of nitrogens with one attached hydrogen (secondary N) is 1. The number of fused-ring (bicyclic) bond motifs is 1. The Labute approximate surface area is 126 Å². The second-order valence-corrected chi connectivity index (χ2v) is 5.93. The molecule has 0 spiro atoms. The van der Waals surface area contributed by atoms with Crippen LogP contribution in [-0.2, 0) is 0 Å². The topological polar surface area (TPSA) is 54.9 Å². The number of thiazole rings is 1. The van der Waals surface area contributed by atoms with Crippen LogP contribution in [0, 0.1) is 0 Å². The van der Waals surface area contributed by atoms with Crippen LogP contribution in [0.15, 0.2) is 48.8 Å². The Kier molecular flexibility index (Phi) is 3.92. The van der Waals surface area contributed by atoms with E-state index in [1.807, 2.05) is 18.2 Å². The summed E-state index contributed by atoms with van der Waals surface area (Å²) in [5, 5.41) is 3.97. The van der Waals surface area contributed by atoms with Gasteiger partial charge in [-0.3, -0.25) is 9.78 Å². The summed E-state index contributed by atoms with van der Waals surface area (Å²) < 4.78 is 1.18. The molecule has 3 aromatic rings. The maximum absolute atomic E-state index is 12.0. The summed E-state index contributed by atoms with van der Waals surface area (Å²) in [7, 11) is 0. The van der Waals surface area contributed by atoms with Gasteiger partial charge in [-0.1, -0.05) is 19.1 Å². The van der Waals surface area contributed by atoms with Gasteiger partial charge in [-0.25, -0.2) is 4.98 Å². The Morgan fingerprint density at radius 1 is 1.29 bits per heavy atom. The first kappa shape index (κ1) is 13.7. The van der Waals surface area contributed by atoms with E-state index >= 15 is 0 Å². The highest BCUT2D eigenvalue weighted by Crippen LogP contribution is 2.26. The lowest BCUT2D eigenvalue weighted by atomic mass is 10.2. The van der Waals surface area contributed by atoms with E-state index in [2.05, 4.69) is 28.3 Å². The van der Waals surface area contributed by atoms with E-state index in [9.17, 15) is 4.79 Å². The van der Waals surface area contributed by atoms with Crippen molar-refractivity contribution in [1.29, 1.82) is 0 Å². The molecule has 0 saturated heterocycles. The number of benzene rings is 1. The molecule has 1 N–H and O–H groups in total. The third-order valence-corrected chi connectivity index (χ3v) is 4.49. The number of carbonyl (C=O) groups is 1. The molecule has 1 atom stereocenters. The van der Waals surface area contributed by atoms with E-state index in [4.69, 9.17) is 0 Å². The average molecular weight is 297 g/mol. The fraction of sp³-hybridized carbons (Fsp3) is 0.188. The van der Waals surface area contributed by atoms with Gasteiger partial charge in [0.25, 0.3) is 5.91 Å². The second kappa shape index (κ2) is 6.01. The van der Waals surface area contributed by atoms with Crippen molar-refractivity contribution in [3.05, 3.63) is 59.4 Å². The number of aromatic nitrogens is 2. The number of carbonyl (C=O) groups excluding carboxylic acids is 1. The maximum Gasteiger partial charge on any atom is 0.252 e. The molecule has 0 aliphatic heterocycles. The molecule has 106 valence electrons. The van der Waals surface area contributed by atoms with E-state index in [1.54, 1.807) is 35.9 Å². The van der Waals surface area contributed by atoms with Gasteiger partial charge in [0.1, 0.15) is 0 Å². The van der Waals surface area contributed by atoms with Crippen molar-refractivity contribution in [3.8, 4) is 0 Å². The third kappa shape index (κ3) is 3.08. The minimum absolute atomic E-state index is 0.101. The van der Waals surface area contributed by atoms with E-state index in [1.165, 1.54) is 4.70 Å². The van der Waals surface area contributed by atoms with Gasteiger partial charge in [0.15, 0.2) is 0 Å². The Hall–Kier alpha value is -2.27. The van der Waals surface area contributed by atoms with Crippen molar-refractivity contribution in [2.24, 2.45) is 0 Å². The highest BCUT2D eigenvalue weighted by atomic mass is 32.1. The van der Waals surface area contributed by atoms with Crippen LogP contribution in [0.3, 0.4) is 0 Å². The van der Waals surface area contributed by atoms with Gasteiger partial charge in [0.2, 0.25) is 0 Å². The predicted molar refractivity (Wildman–Crippen MR) is 84.6 cm³/mol. The van der Waals surface area contributed by atoms with Crippen LogP contribution < -0.4 is 5.32 Å². The van der Waals surface area contributed by atoms with Crippen LogP contribution in [0.2, 0.25) is 0 Å². The molecular weight excluding hydrogens is 282 g/mol. The smallest absolute Gasteiger partial charge is 0.252 e. The first-order valence-corrected chi connectivity index (χ1v) is 7.59. The molecule has 0 aliphatic carbocycles. The molecule has 0 aliphatic rings. The van der Waals surface area contributed by atoms with Crippen LogP contribution in [0.5, 0.6) is 0 Å². The summed E-state index contributed by atoms with van der Waals surface area (Å²) in [5.41, 5.74) is 1.59. The molecule has 21 heavy (non-hydrogen) atoms.